The van der Waals surface area contributed by atoms with Gasteiger partial charge in [-0.15, -0.1) is 0 Å². The molecule has 1 spiro atoms. The highest BCUT2D eigenvalue weighted by atomic mass is 16.3. The van der Waals surface area contributed by atoms with E-state index in [2.05, 4.69) is 16.4 Å². The van der Waals surface area contributed by atoms with Crippen molar-refractivity contribution in [2.75, 3.05) is 0 Å². The number of aliphatic hydroxyl groups is 1. The van der Waals surface area contributed by atoms with Crippen LogP contribution >= 0.6 is 0 Å². The highest BCUT2D eigenvalue weighted by Crippen LogP contribution is 2.55. The van der Waals surface area contributed by atoms with Gasteiger partial charge in [-0.2, -0.15) is 0 Å². The number of fused-ring (bicyclic) bond motifs is 1. The summed E-state index contributed by atoms with van der Waals surface area (Å²) in [5, 5.41) is 15.6. The Kier molecular flexibility index (Phi) is 6.04. The lowest BCUT2D eigenvalue weighted by atomic mass is 9.54. The minimum atomic E-state index is -1.41. The van der Waals surface area contributed by atoms with Crippen molar-refractivity contribution in [1.29, 1.82) is 0 Å². The molecule has 35 heavy (non-hydrogen) atoms. The molecule has 0 radical (unpaired) electrons. The van der Waals surface area contributed by atoms with Crippen molar-refractivity contribution in [2.24, 2.45) is 23.2 Å². The second-order valence-electron chi connectivity index (χ2n) is 10.8. The molecule has 1 saturated heterocycles. The van der Waals surface area contributed by atoms with Crippen LogP contribution in [0.2, 0.25) is 0 Å². The summed E-state index contributed by atoms with van der Waals surface area (Å²) in [4.78, 5) is 43.7. The first-order valence-corrected chi connectivity index (χ1v) is 12.7. The fourth-order valence-electron chi connectivity index (χ4n) is 6.77. The minimum absolute atomic E-state index is 0.0265. The van der Waals surface area contributed by atoms with E-state index in [1.807, 2.05) is 57.3 Å². The van der Waals surface area contributed by atoms with Crippen molar-refractivity contribution in [1.82, 2.24) is 10.3 Å². The molecule has 2 aliphatic carbocycles. The molecule has 2 heterocycles. The van der Waals surface area contributed by atoms with Gasteiger partial charge in [0.25, 0.3) is 0 Å². The molecule has 1 aliphatic heterocycles. The zero-order chi connectivity index (χ0) is 24.9. The number of para-hydroxylation sites is 1. The van der Waals surface area contributed by atoms with E-state index in [1.54, 1.807) is 0 Å². The van der Waals surface area contributed by atoms with Crippen LogP contribution in [-0.2, 0) is 20.8 Å². The average Bonchev–Trinajstić information content (AvgIpc) is 3.36. The molecule has 1 fully saturated rings. The summed E-state index contributed by atoms with van der Waals surface area (Å²) in [6.07, 6.45) is 6.73. The molecule has 6 heteroatoms. The third-order valence-electron chi connectivity index (χ3n) is 8.65. The first-order chi connectivity index (χ1) is 16.7. The fraction of sp³-hybridized carbons (Fsp3) is 0.483. The number of carbonyl (C=O) groups excluding carboxylic acids is 3. The molecule has 5 rings (SSSR count). The van der Waals surface area contributed by atoms with E-state index in [4.69, 9.17) is 0 Å². The highest BCUT2D eigenvalue weighted by Gasteiger charge is 2.66. The molecule has 1 aromatic heterocycles. The molecule has 6 unspecified atom stereocenters. The molecule has 1 amide bonds. The fourth-order valence-corrected chi connectivity index (χ4v) is 6.77. The number of H-pyrrole nitrogens is 1. The maximum atomic E-state index is 14.0. The zero-order valence-corrected chi connectivity index (χ0v) is 20.6. The number of benzene rings is 1. The number of Topliss-reactive ketones (excluding diaryl/α,β-unsaturated/α-hetero) is 2. The van der Waals surface area contributed by atoms with Crippen LogP contribution in [0.4, 0.5) is 0 Å². The largest absolute Gasteiger partial charge is 0.388 e. The quantitative estimate of drug-likeness (QED) is 0.452. The summed E-state index contributed by atoms with van der Waals surface area (Å²) >= 11 is 0. The maximum Gasteiger partial charge on any atom is 0.235 e. The normalized spacial score (nSPS) is 34.9. The zero-order valence-electron chi connectivity index (χ0n) is 20.6. The maximum absolute atomic E-state index is 14.0. The molecular weight excluding hydrogens is 440 g/mol. The predicted molar refractivity (Wildman–Crippen MR) is 135 cm³/mol. The van der Waals surface area contributed by atoms with Gasteiger partial charge in [-0.25, -0.2) is 0 Å². The Balaban J connectivity index is 1.62. The van der Waals surface area contributed by atoms with Crippen molar-refractivity contribution < 1.29 is 19.5 Å². The molecule has 6 atom stereocenters. The summed E-state index contributed by atoms with van der Waals surface area (Å²) in [6, 6.07) is 7.76. The Morgan fingerprint density at radius 3 is 2.66 bits per heavy atom. The van der Waals surface area contributed by atoms with Gasteiger partial charge in [-0.05, 0) is 49.8 Å². The van der Waals surface area contributed by atoms with Crippen LogP contribution in [0.5, 0.6) is 0 Å². The summed E-state index contributed by atoms with van der Waals surface area (Å²) in [6.45, 7) is 5.87. The number of carbonyl (C=O) groups is 3. The van der Waals surface area contributed by atoms with Crippen LogP contribution in [0.25, 0.3) is 10.9 Å². The Morgan fingerprint density at radius 1 is 1.09 bits per heavy atom. The molecule has 3 aliphatic rings. The van der Waals surface area contributed by atoms with Crippen LogP contribution < -0.4 is 5.32 Å². The number of aromatic nitrogens is 1. The van der Waals surface area contributed by atoms with Gasteiger partial charge in [0.15, 0.2) is 0 Å². The number of ketones is 2. The second kappa shape index (κ2) is 8.90. The van der Waals surface area contributed by atoms with Crippen molar-refractivity contribution in [3.05, 3.63) is 59.3 Å². The van der Waals surface area contributed by atoms with Crippen LogP contribution in [0, 0.1) is 23.2 Å². The number of aromatic amines is 1. The summed E-state index contributed by atoms with van der Waals surface area (Å²) < 4.78 is 0. The van der Waals surface area contributed by atoms with Crippen molar-refractivity contribution in [2.45, 2.75) is 65.0 Å². The molecule has 3 N–H and O–H groups in total. The summed E-state index contributed by atoms with van der Waals surface area (Å²) in [5.41, 5.74) is 2.42. The van der Waals surface area contributed by atoms with E-state index in [1.165, 1.54) is 0 Å². The Labute approximate surface area is 205 Å². The monoisotopic (exact) mass is 474 g/mol. The van der Waals surface area contributed by atoms with Gasteiger partial charge in [0.05, 0.1) is 6.10 Å². The lowest BCUT2D eigenvalue weighted by Gasteiger charge is -2.46. The highest BCUT2D eigenvalue weighted by molar-refractivity contribution is 6.10. The Bertz CT molecular complexity index is 1250. The molecule has 184 valence electrons. The van der Waals surface area contributed by atoms with Gasteiger partial charge in [-0.1, -0.05) is 42.8 Å². The van der Waals surface area contributed by atoms with Crippen LogP contribution in [0.15, 0.2) is 53.8 Å². The first-order valence-electron chi connectivity index (χ1n) is 12.7. The standard InChI is InChI=1S/C29H34N2O4/c1-16-7-6-9-22-27(34)18(3)17(2)26-24(14-19-15-30-23-10-5-4-8-21(19)23)31-28(35)29(22,26)25(33)12-11-20(32)13-16/h4-6,8-10,15-16,22,24,26-27,30,34H,7,11-14H2,1-3H3,(H,31,35)/b9-6-. The van der Waals surface area contributed by atoms with Crippen molar-refractivity contribution in [3.63, 3.8) is 0 Å². The molecule has 0 bridgehead atoms. The van der Waals surface area contributed by atoms with Crippen LogP contribution in [0.1, 0.15) is 52.0 Å². The topological polar surface area (TPSA) is 99.3 Å². The molecule has 6 nitrogen and oxygen atoms in total. The number of hydrogen-bond acceptors (Lipinski definition) is 4. The third-order valence-corrected chi connectivity index (χ3v) is 8.65. The summed E-state index contributed by atoms with van der Waals surface area (Å²) in [7, 11) is 0. The third kappa shape index (κ3) is 3.70. The first kappa shape index (κ1) is 23.7. The Hall–Kier alpha value is -2.99. The van der Waals surface area contributed by atoms with E-state index in [-0.39, 0.29) is 48.2 Å². The predicted octanol–water partition coefficient (Wildman–Crippen LogP) is 4.04. The smallest absolute Gasteiger partial charge is 0.235 e. The average molecular weight is 475 g/mol. The second-order valence-corrected chi connectivity index (χ2v) is 10.8. The molecule has 2 aromatic rings. The van der Waals surface area contributed by atoms with E-state index in [9.17, 15) is 19.5 Å². The van der Waals surface area contributed by atoms with Gasteiger partial charge < -0.3 is 15.4 Å². The minimum Gasteiger partial charge on any atom is -0.388 e. The molecule has 1 aromatic carbocycles. The number of amides is 1. The lowest BCUT2D eigenvalue weighted by Crippen LogP contribution is -2.55. The van der Waals surface area contributed by atoms with Gasteiger partial charge in [-0.3, -0.25) is 14.4 Å². The van der Waals surface area contributed by atoms with Crippen LogP contribution in [-0.4, -0.2) is 39.7 Å². The lowest BCUT2D eigenvalue weighted by molar-refractivity contribution is -0.148. The van der Waals surface area contributed by atoms with E-state index < -0.39 is 17.4 Å². The SMILES string of the molecule is CC1=C(C)C2C(Cc3c[nH]c4ccccc34)NC(=O)C23C(=O)CCC(=O)CC(C)C/C=C\C3C1O. The van der Waals surface area contributed by atoms with Gasteiger partial charge >= 0.3 is 0 Å². The van der Waals surface area contributed by atoms with E-state index in [0.29, 0.717) is 19.3 Å². The van der Waals surface area contributed by atoms with Gasteiger partial charge in [0.1, 0.15) is 17.0 Å². The van der Waals surface area contributed by atoms with Crippen molar-refractivity contribution in [3.8, 4) is 0 Å². The van der Waals surface area contributed by atoms with Gasteiger partial charge in [0, 0.05) is 54.2 Å². The van der Waals surface area contributed by atoms with E-state index >= 15 is 0 Å². The molecular formula is C29H34N2O4. The van der Waals surface area contributed by atoms with Crippen LogP contribution in [0.3, 0.4) is 0 Å². The number of nitrogens with one attached hydrogen (secondary N) is 2. The molecule has 0 saturated carbocycles. The van der Waals surface area contributed by atoms with E-state index in [0.717, 1.165) is 27.6 Å². The number of hydrogen-bond donors (Lipinski definition) is 3. The summed E-state index contributed by atoms with van der Waals surface area (Å²) in [5.74, 6) is -1.38. The van der Waals surface area contributed by atoms with Crippen molar-refractivity contribution >= 4 is 28.4 Å². The Morgan fingerprint density at radius 2 is 1.86 bits per heavy atom. The number of aliphatic hydroxyl groups excluding tert-OH is 1. The number of rotatable bonds is 2. The number of allylic oxidation sites excluding steroid dienone is 1. The van der Waals surface area contributed by atoms with Gasteiger partial charge in [0.2, 0.25) is 5.91 Å².